The Kier molecular flexibility index (Phi) is 8.65. The molecule has 0 fully saturated rings. The Bertz CT molecular complexity index is 878. The lowest BCUT2D eigenvalue weighted by atomic mass is 10.0. The quantitative estimate of drug-likeness (QED) is 0.531. The van der Waals surface area contributed by atoms with Crippen molar-refractivity contribution in [2.75, 3.05) is 18.2 Å². The van der Waals surface area contributed by atoms with E-state index in [4.69, 9.17) is 15.2 Å². The van der Waals surface area contributed by atoms with Crippen LogP contribution in [0.4, 0.5) is 11.8 Å². The number of unbranched alkanes of at least 4 members (excludes halogenated alkanes) is 1. The van der Waals surface area contributed by atoms with Gasteiger partial charge in [0.25, 0.3) is 0 Å². The van der Waals surface area contributed by atoms with Gasteiger partial charge in [-0.15, -0.1) is 0 Å². The number of nitrogens with zero attached hydrogens (tertiary/aromatic N) is 2. The molecule has 170 valence electrons. The fourth-order valence-electron chi connectivity index (χ4n) is 3.44. The van der Waals surface area contributed by atoms with Crippen LogP contribution >= 0.6 is 0 Å². The Balaban J connectivity index is 2.32. The Morgan fingerprint density at radius 1 is 1.23 bits per heavy atom. The minimum atomic E-state index is -0.517. The second-order valence-electron chi connectivity index (χ2n) is 8.76. The molecule has 1 atom stereocenters. The fraction of sp³-hybridized carbons (Fsp3) is 0.542. The maximum Gasteiger partial charge on any atom is 0.308 e. The van der Waals surface area contributed by atoms with Crippen molar-refractivity contribution in [3.8, 4) is 5.75 Å². The van der Waals surface area contributed by atoms with Crippen molar-refractivity contribution in [3.63, 3.8) is 0 Å². The molecule has 0 aliphatic carbocycles. The van der Waals surface area contributed by atoms with Gasteiger partial charge in [-0.05, 0) is 45.7 Å². The van der Waals surface area contributed by atoms with Crippen LogP contribution in [0, 0.1) is 6.92 Å². The molecule has 3 N–H and O–H groups in total. The second kappa shape index (κ2) is 11.0. The lowest BCUT2D eigenvalue weighted by Gasteiger charge is -2.24. The van der Waals surface area contributed by atoms with Crippen molar-refractivity contribution < 1.29 is 14.3 Å². The van der Waals surface area contributed by atoms with Crippen LogP contribution in [0.5, 0.6) is 5.75 Å². The zero-order chi connectivity index (χ0) is 23.0. The summed E-state index contributed by atoms with van der Waals surface area (Å²) in [6.07, 6.45) is 3.69. The van der Waals surface area contributed by atoms with Gasteiger partial charge in [0.1, 0.15) is 17.2 Å². The molecule has 1 unspecified atom stereocenters. The average molecular weight is 429 g/mol. The van der Waals surface area contributed by atoms with Crippen molar-refractivity contribution >= 4 is 17.7 Å². The van der Waals surface area contributed by atoms with Crippen LogP contribution in [-0.2, 0) is 16.0 Å². The molecular formula is C24H36N4O3. The molecule has 7 heteroatoms. The molecular weight excluding hydrogens is 392 g/mol. The third kappa shape index (κ3) is 7.74. The van der Waals surface area contributed by atoms with Gasteiger partial charge in [-0.1, -0.05) is 38.0 Å². The van der Waals surface area contributed by atoms with Gasteiger partial charge in [0, 0.05) is 23.7 Å². The fourth-order valence-corrected chi connectivity index (χ4v) is 3.44. The van der Waals surface area contributed by atoms with Crippen molar-refractivity contribution in [2.45, 2.75) is 78.4 Å². The van der Waals surface area contributed by atoms with Gasteiger partial charge < -0.3 is 20.5 Å². The number of esters is 1. The summed E-state index contributed by atoms with van der Waals surface area (Å²) < 4.78 is 11.0. The Labute approximate surface area is 185 Å². The molecule has 0 spiro atoms. The van der Waals surface area contributed by atoms with Gasteiger partial charge in [-0.2, -0.15) is 4.98 Å². The number of nitrogens with two attached hydrogens (primary N) is 1. The molecule has 2 rings (SSSR count). The van der Waals surface area contributed by atoms with Crippen LogP contribution in [0.1, 0.15) is 70.2 Å². The number of benzene rings is 1. The first-order valence-corrected chi connectivity index (χ1v) is 10.9. The van der Waals surface area contributed by atoms with Gasteiger partial charge in [0.15, 0.2) is 0 Å². The summed E-state index contributed by atoms with van der Waals surface area (Å²) in [4.78, 5) is 21.3. The second-order valence-corrected chi connectivity index (χ2v) is 8.76. The summed E-state index contributed by atoms with van der Waals surface area (Å²) in [6.45, 7) is 9.67. The van der Waals surface area contributed by atoms with Gasteiger partial charge in [-0.3, -0.25) is 4.79 Å². The molecule has 0 saturated carbocycles. The number of methoxy groups -OCH3 is 1. The van der Waals surface area contributed by atoms with E-state index in [1.54, 1.807) is 7.11 Å². The van der Waals surface area contributed by atoms with E-state index in [1.165, 1.54) is 0 Å². The zero-order valence-corrected chi connectivity index (χ0v) is 19.6. The van der Waals surface area contributed by atoms with Crippen LogP contribution in [0.25, 0.3) is 0 Å². The minimum Gasteiger partial charge on any atom is -0.496 e. The minimum absolute atomic E-state index is 0.111. The van der Waals surface area contributed by atoms with Crippen LogP contribution in [0.15, 0.2) is 24.3 Å². The highest BCUT2D eigenvalue weighted by molar-refractivity contribution is 5.71. The summed E-state index contributed by atoms with van der Waals surface area (Å²) in [6, 6.07) is 7.76. The summed E-state index contributed by atoms with van der Waals surface area (Å²) in [5.74, 6) is 1.43. The van der Waals surface area contributed by atoms with E-state index in [1.807, 2.05) is 52.0 Å². The number of carbonyl (C=O) groups is 1. The molecule has 1 aromatic heterocycles. The Hall–Kier alpha value is -2.83. The molecule has 1 heterocycles. The molecule has 0 radical (unpaired) electrons. The molecule has 0 aliphatic rings. The zero-order valence-electron chi connectivity index (χ0n) is 19.6. The first-order chi connectivity index (χ1) is 14.6. The Morgan fingerprint density at radius 2 is 1.94 bits per heavy atom. The lowest BCUT2D eigenvalue weighted by molar-refractivity contribution is -0.155. The Morgan fingerprint density at radius 3 is 2.58 bits per heavy atom. The predicted octanol–water partition coefficient (Wildman–Crippen LogP) is 4.67. The highest BCUT2D eigenvalue weighted by Gasteiger charge is 2.22. The smallest absolute Gasteiger partial charge is 0.308 e. The number of aromatic nitrogens is 2. The normalized spacial score (nSPS) is 12.3. The molecule has 0 aliphatic heterocycles. The maximum absolute atomic E-state index is 12.5. The number of hydrogen-bond acceptors (Lipinski definition) is 7. The summed E-state index contributed by atoms with van der Waals surface area (Å²) >= 11 is 0. The molecule has 31 heavy (non-hydrogen) atoms. The lowest BCUT2D eigenvalue weighted by Crippen LogP contribution is -2.30. The number of anilines is 2. The SMILES string of the molecule is CCCCC(CC(=O)OC(C)(C)C)Nc1nc(N)nc(C)c1Cc1ccccc1OC. The number of para-hydroxylation sites is 1. The first kappa shape index (κ1) is 24.4. The van der Waals surface area contributed by atoms with Crippen molar-refractivity contribution in [1.82, 2.24) is 9.97 Å². The van der Waals surface area contributed by atoms with Gasteiger partial charge in [-0.25, -0.2) is 4.98 Å². The number of ether oxygens (including phenoxy) is 2. The van der Waals surface area contributed by atoms with Crippen LogP contribution in [0.2, 0.25) is 0 Å². The van der Waals surface area contributed by atoms with Crippen molar-refractivity contribution in [1.29, 1.82) is 0 Å². The van der Waals surface area contributed by atoms with E-state index < -0.39 is 5.60 Å². The number of carbonyl (C=O) groups excluding carboxylic acids is 1. The number of aryl methyl sites for hydroxylation is 1. The molecule has 0 amide bonds. The van der Waals surface area contributed by atoms with Crippen molar-refractivity contribution in [2.24, 2.45) is 0 Å². The van der Waals surface area contributed by atoms with E-state index in [0.29, 0.717) is 12.2 Å². The number of rotatable bonds is 10. The topological polar surface area (TPSA) is 99.4 Å². The third-order valence-electron chi connectivity index (χ3n) is 4.87. The third-order valence-corrected chi connectivity index (χ3v) is 4.87. The monoisotopic (exact) mass is 428 g/mol. The van der Waals surface area contributed by atoms with E-state index in [2.05, 4.69) is 22.2 Å². The van der Waals surface area contributed by atoms with E-state index in [0.717, 1.165) is 41.8 Å². The molecule has 7 nitrogen and oxygen atoms in total. The highest BCUT2D eigenvalue weighted by Crippen LogP contribution is 2.27. The number of nitrogen functional groups attached to an aromatic ring is 1. The molecule has 1 aromatic carbocycles. The van der Waals surface area contributed by atoms with E-state index >= 15 is 0 Å². The predicted molar refractivity (Wildman–Crippen MR) is 124 cm³/mol. The van der Waals surface area contributed by atoms with Gasteiger partial charge in [0.05, 0.1) is 13.5 Å². The number of hydrogen-bond donors (Lipinski definition) is 2. The molecule has 0 saturated heterocycles. The number of nitrogens with one attached hydrogen (secondary N) is 1. The summed E-state index contributed by atoms with van der Waals surface area (Å²) in [7, 11) is 1.66. The highest BCUT2D eigenvalue weighted by atomic mass is 16.6. The van der Waals surface area contributed by atoms with Crippen molar-refractivity contribution in [3.05, 3.63) is 41.1 Å². The van der Waals surface area contributed by atoms with Crippen LogP contribution in [-0.4, -0.2) is 34.7 Å². The van der Waals surface area contributed by atoms with E-state index in [9.17, 15) is 4.79 Å². The maximum atomic E-state index is 12.5. The largest absolute Gasteiger partial charge is 0.496 e. The van der Waals surface area contributed by atoms with Crippen LogP contribution < -0.4 is 15.8 Å². The van der Waals surface area contributed by atoms with Gasteiger partial charge in [0.2, 0.25) is 5.95 Å². The van der Waals surface area contributed by atoms with Crippen LogP contribution in [0.3, 0.4) is 0 Å². The standard InChI is InChI=1S/C24H36N4O3/c1-7-8-12-18(15-21(29)31-24(3,4)5)27-22-19(16(2)26-23(25)28-22)14-17-11-9-10-13-20(17)30-6/h9-11,13,18H,7-8,12,14-15H2,1-6H3,(H3,25,26,27,28). The van der Waals surface area contributed by atoms with Gasteiger partial charge >= 0.3 is 5.97 Å². The molecule has 0 bridgehead atoms. The summed E-state index contributed by atoms with van der Waals surface area (Å²) in [5, 5.41) is 3.47. The first-order valence-electron chi connectivity index (χ1n) is 10.9. The summed E-state index contributed by atoms with van der Waals surface area (Å²) in [5.41, 5.74) is 8.21. The average Bonchev–Trinajstić information content (AvgIpc) is 2.67. The molecule has 2 aromatic rings. The van der Waals surface area contributed by atoms with E-state index in [-0.39, 0.29) is 24.4 Å².